The van der Waals surface area contributed by atoms with Crippen molar-refractivity contribution in [1.29, 1.82) is 0 Å². The van der Waals surface area contributed by atoms with Gasteiger partial charge in [0.15, 0.2) is 0 Å². The molecule has 0 saturated heterocycles. The van der Waals surface area contributed by atoms with Crippen LogP contribution in [0.25, 0.3) is 0 Å². The van der Waals surface area contributed by atoms with Crippen LogP contribution in [0.3, 0.4) is 0 Å². The van der Waals surface area contributed by atoms with Crippen molar-refractivity contribution in [3.63, 3.8) is 0 Å². The zero-order valence-corrected chi connectivity index (χ0v) is 8.42. The van der Waals surface area contributed by atoms with Crippen LogP contribution in [0.1, 0.15) is 22.3 Å². The van der Waals surface area contributed by atoms with E-state index in [1.807, 2.05) is 6.92 Å². The summed E-state index contributed by atoms with van der Waals surface area (Å²) in [5.41, 5.74) is 2.85. The van der Waals surface area contributed by atoms with Gasteiger partial charge in [0.1, 0.15) is 0 Å². The summed E-state index contributed by atoms with van der Waals surface area (Å²) in [5.74, 6) is 2.45. The predicted octanol–water partition coefficient (Wildman–Crippen LogP) is 2.50. The summed E-state index contributed by atoms with van der Waals surface area (Å²) in [6.07, 6.45) is 5.27. The lowest BCUT2D eigenvalue weighted by Gasteiger charge is -2.06. The van der Waals surface area contributed by atoms with Crippen LogP contribution in [-0.2, 0) is 0 Å². The SMILES string of the molecule is C#Cc1cc(C)c(C)c([N+](=O)[O-])c1C. The van der Waals surface area contributed by atoms with E-state index in [9.17, 15) is 10.1 Å². The van der Waals surface area contributed by atoms with E-state index < -0.39 is 0 Å². The zero-order chi connectivity index (χ0) is 10.9. The first-order chi connectivity index (χ1) is 6.49. The average molecular weight is 189 g/mol. The van der Waals surface area contributed by atoms with Gasteiger partial charge in [0.05, 0.1) is 4.92 Å². The number of rotatable bonds is 1. The van der Waals surface area contributed by atoms with E-state index >= 15 is 0 Å². The Balaban J connectivity index is 3.63. The number of terminal acetylenes is 1. The molecule has 0 fully saturated rings. The molecule has 1 aromatic carbocycles. The van der Waals surface area contributed by atoms with Gasteiger partial charge >= 0.3 is 0 Å². The Morgan fingerprint density at radius 2 is 1.93 bits per heavy atom. The second-order valence-corrected chi connectivity index (χ2v) is 3.24. The minimum absolute atomic E-state index is 0.137. The van der Waals surface area contributed by atoms with Crippen molar-refractivity contribution in [2.24, 2.45) is 0 Å². The first-order valence-corrected chi connectivity index (χ1v) is 4.20. The van der Waals surface area contributed by atoms with Crippen LogP contribution < -0.4 is 0 Å². The molecule has 0 heterocycles. The van der Waals surface area contributed by atoms with Gasteiger partial charge in [-0.3, -0.25) is 10.1 Å². The molecule has 0 amide bonds. The van der Waals surface area contributed by atoms with Crippen molar-refractivity contribution in [1.82, 2.24) is 0 Å². The van der Waals surface area contributed by atoms with Crippen molar-refractivity contribution in [3.05, 3.63) is 38.4 Å². The minimum atomic E-state index is -0.376. The third-order valence-corrected chi connectivity index (χ3v) is 2.40. The number of aryl methyl sites for hydroxylation is 1. The maximum absolute atomic E-state index is 10.8. The maximum Gasteiger partial charge on any atom is 0.276 e. The number of benzene rings is 1. The quantitative estimate of drug-likeness (QED) is 0.387. The molecular formula is C11H11NO2. The van der Waals surface area contributed by atoms with E-state index in [1.165, 1.54) is 0 Å². The maximum atomic E-state index is 10.8. The van der Waals surface area contributed by atoms with E-state index in [0.717, 1.165) is 5.56 Å². The fraction of sp³-hybridized carbons (Fsp3) is 0.273. The van der Waals surface area contributed by atoms with Gasteiger partial charge in [-0.2, -0.15) is 0 Å². The molecule has 0 saturated carbocycles. The summed E-state index contributed by atoms with van der Waals surface area (Å²) >= 11 is 0. The fourth-order valence-electron chi connectivity index (χ4n) is 1.45. The van der Waals surface area contributed by atoms with Crippen LogP contribution >= 0.6 is 0 Å². The molecule has 0 aliphatic heterocycles. The Morgan fingerprint density at radius 3 is 2.36 bits per heavy atom. The molecule has 0 spiro atoms. The molecule has 0 radical (unpaired) electrons. The first kappa shape index (κ1) is 10.3. The third kappa shape index (κ3) is 1.47. The van der Waals surface area contributed by atoms with Crippen LogP contribution in [0.15, 0.2) is 6.07 Å². The Kier molecular flexibility index (Phi) is 2.57. The van der Waals surface area contributed by atoms with Gasteiger partial charge < -0.3 is 0 Å². The highest BCUT2D eigenvalue weighted by Gasteiger charge is 2.18. The highest BCUT2D eigenvalue weighted by Crippen LogP contribution is 2.28. The second kappa shape index (κ2) is 3.51. The van der Waals surface area contributed by atoms with Gasteiger partial charge in [0.2, 0.25) is 0 Å². The Labute approximate surface area is 82.9 Å². The lowest BCUT2D eigenvalue weighted by Crippen LogP contribution is -1.99. The molecule has 3 heteroatoms. The summed E-state index contributed by atoms with van der Waals surface area (Å²) in [5, 5.41) is 10.8. The first-order valence-electron chi connectivity index (χ1n) is 4.20. The minimum Gasteiger partial charge on any atom is -0.258 e. The van der Waals surface area contributed by atoms with Crippen LogP contribution in [0.2, 0.25) is 0 Å². The summed E-state index contributed by atoms with van der Waals surface area (Å²) in [7, 11) is 0. The molecule has 0 aliphatic rings. The molecule has 72 valence electrons. The van der Waals surface area contributed by atoms with Gasteiger partial charge in [0, 0.05) is 16.7 Å². The fourth-order valence-corrected chi connectivity index (χ4v) is 1.45. The highest BCUT2D eigenvalue weighted by molar-refractivity contribution is 5.58. The van der Waals surface area contributed by atoms with E-state index in [4.69, 9.17) is 6.42 Å². The van der Waals surface area contributed by atoms with Gasteiger partial charge in [0.25, 0.3) is 5.69 Å². The van der Waals surface area contributed by atoms with Crippen LogP contribution in [0.4, 0.5) is 5.69 Å². The number of hydrogen-bond acceptors (Lipinski definition) is 2. The summed E-state index contributed by atoms with van der Waals surface area (Å²) < 4.78 is 0. The molecular weight excluding hydrogens is 178 g/mol. The predicted molar refractivity (Wildman–Crippen MR) is 55.2 cm³/mol. The summed E-state index contributed by atoms with van der Waals surface area (Å²) in [6.45, 7) is 5.24. The van der Waals surface area contributed by atoms with Gasteiger partial charge in [-0.15, -0.1) is 6.42 Å². The summed E-state index contributed by atoms with van der Waals surface area (Å²) in [6, 6.07) is 1.80. The zero-order valence-electron chi connectivity index (χ0n) is 8.42. The molecule has 0 N–H and O–H groups in total. The lowest BCUT2D eigenvalue weighted by molar-refractivity contribution is -0.386. The molecule has 1 aromatic rings. The Morgan fingerprint density at radius 1 is 1.36 bits per heavy atom. The van der Waals surface area contributed by atoms with Crippen molar-refractivity contribution in [2.45, 2.75) is 20.8 Å². The topological polar surface area (TPSA) is 43.1 Å². The van der Waals surface area contributed by atoms with Crippen molar-refractivity contribution in [2.75, 3.05) is 0 Å². The smallest absolute Gasteiger partial charge is 0.258 e. The molecule has 0 aliphatic carbocycles. The number of nitrogens with zero attached hydrogens (tertiary/aromatic N) is 1. The van der Waals surface area contributed by atoms with Gasteiger partial charge in [-0.05, 0) is 32.4 Å². The highest BCUT2D eigenvalue weighted by atomic mass is 16.6. The Bertz CT molecular complexity index is 442. The monoisotopic (exact) mass is 189 g/mol. The third-order valence-electron chi connectivity index (χ3n) is 2.40. The van der Waals surface area contributed by atoms with E-state index in [1.54, 1.807) is 19.9 Å². The van der Waals surface area contributed by atoms with Gasteiger partial charge in [-0.1, -0.05) is 5.92 Å². The normalized spacial score (nSPS) is 9.57. The van der Waals surface area contributed by atoms with Crippen LogP contribution in [-0.4, -0.2) is 4.92 Å². The molecule has 0 bridgehead atoms. The number of nitro benzene ring substituents is 1. The van der Waals surface area contributed by atoms with Gasteiger partial charge in [-0.25, -0.2) is 0 Å². The average Bonchev–Trinajstić information content (AvgIpc) is 2.11. The summed E-state index contributed by atoms with van der Waals surface area (Å²) in [4.78, 5) is 10.4. The number of nitro groups is 1. The van der Waals surface area contributed by atoms with E-state index in [2.05, 4.69) is 5.92 Å². The van der Waals surface area contributed by atoms with E-state index in [-0.39, 0.29) is 10.6 Å². The molecule has 1 rings (SSSR count). The van der Waals surface area contributed by atoms with Crippen LogP contribution in [0, 0.1) is 43.2 Å². The lowest BCUT2D eigenvalue weighted by atomic mass is 9.98. The van der Waals surface area contributed by atoms with Crippen molar-refractivity contribution < 1.29 is 4.92 Å². The van der Waals surface area contributed by atoms with Crippen molar-refractivity contribution >= 4 is 5.69 Å². The molecule has 0 aromatic heterocycles. The Hall–Kier alpha value is -1.82. The van der Waals surface area contributed by atoms with E-state index in [0.29, 0.717) is 16.7 Å². The largest absolute Gasteiger partial charge is 0.276 e. The number of hydrogen-bond donors (Lipinski definition) is 0. The molecule has 14 heavy (non-hydrogen) atoms. The van der Waals surface area contributed by atoms with Crippen molar-refractivity contribution in [3.8, 4) is 12.3 Å². The standard InChI is InChI=1S/C11H11NO2/c1-5-10-6-7(2)8(3)11(9(10)4)12(13)14/h1,6H,2-4H3. The molecule has 3 nitrogen and oxygen atoms in total. The van der Waals surface area contributed by atoms with Crippen LogP contribution in [0.5, 0.6) is 0 Å². The molecule has 0 atom stereocenters. The second-order valence-electron chi connectivity index (χ2n) is 3.24. The molecule has 0 unspecified atom stereocenters.